The summed E-state index contributed by atoms with van der Waals surface area (Å²) in [4.78, 5) is 3.79. The summed E-state index contributed by atoms with van der Waals surface area (Å²) in [5.41, 5.74) is 5.87. The van der Waals surface area contributed by atoms with Crippen LogP contribution in [-0.2, 0) is 0 Å². The molecule has 4 nitrogen and oxygen atoms in total. The van der Waals surface area contributed by atoms with Gasteiger partial charge in [-0.25, -0.2) is 35.1 Å². The molecule has 0 amide bonds. The minimum atomic E-state index is -0.835. The molecule has 12 heteroatoms. The van der Waals surface area contributed by atoms with Crippen molar-refractivity contribution < 1.29 is 35.1 Å². The van der Waals surface area contributed by atoms with Crippen LogP contribution in [0.5, 0.6) is 0 Å². The SMILES string of the molecule is N#Cc1ccc(N(c2cc(-c3cc(F)cc(F)c3)cc(-c3cc(F)cc(F)c3)c2)c2ccc3ccc4c(N(c5ccc(C#N)cc5)c5cc(-c6cc(F)cc(F)c6)cc(-c6cc(F)cc(F)c6)c5)ccc5ccc2c3c54)cc1. The van der Waals surface area contributed by atoms with E-state index in [4.69, 9.17) is 0 Å². The fourth-order valence-corrected chi connectivity index (χ4v) is 10.4. The highest BCUT2D eigenvalue weighted by Gasteiger charge is 2.25. The van der Waals surface area contributed by atoms with E-state index in [0.29, 0.717) is 67.5 Å². The Morgan fingerprint density at radius 3 is 0.782 bits per heavy atom. The lowest BCUT2D eigenvalue weighted by Crippen LogP contribution is -2.12. The van der Waals surface area contributed by atoms with Crippen molar-refractivity contribution in [1.29, 1.82) is 10.5 Å². The number of nitriles is 2. The molecule has 0 saturated heterocycles. The van der Waals surface area contributed by atoms with Crippen LogP contribution >= 0.6 is 0 Å². The van der Waals surface area contributed by atoms with Gasteiger partial charge in [0, 0.05) is 57.8 Å². The van der Waals surface area contributed by atoms with Crippen molar-refractivity contribution in [1.82, 2.24) is 0 Å². The van der Waals surface area contributed by atoms with E-state index < -0.39 is 46.5 Å². The van der Waals surface area contributed by atoms with Crippen LogP contribution in [0.4, 0.5) is 69.2 Å². The molecule has 0 aliphatic rings. The second-order valence-corrected chi connectivity index (χ2v) is 18.7. The molecule has 0 radical (unpaired) electrons. The summed E-state index contributed by atoms with van der Waals surface area (Å²) in [6, 6.07) is 55.8. The maximum absolute atomic E-state index is 15.0. The third-order valence-corrected chi connectivity index (χ3v) is 13.7. The average Bonchev–Trinajstić information content (AvgIpc) is 3.47. The number of rotatable bonds is 10. The van der Waals surface area contributed by atoms with Crippen molar-refractivity contribution in [3.8, 4) is 56.6 Å². The zero-order chi connectivity index (χ0) is 53.9. The van der Waals surface area contributed by atoms with E-state index in [2.05, 4.69) is 12.1 Å². The van der Waals surface area contributed by atoms with E-state index in [-0.39, 0.29) is 22.3 Å². The fraction of sp³-hybridized carbons (Fsp3) is 0. The molecule has 78 heavy (non-hydrogen) atoms. The molecule has 12 aromatic rings. The normalized spacial score (nSPS) is 11.3. The highest BCUT2D eigenvalue weighted by molar-refractivity contribution is 6.28. The molecule has 374 valence electrons. The predicted molar refractivity (Wildman–Crippen MR) is 290 cm³/mol. The first-order chi connectivity index (χ1) is 37.7. The molecule has 0 aromatic heterocycles. The van der Waals surface area contributed by atoms with Crippen molar-refractivity contribution in [2.75, 3.05) is 9.80 Å². The number of nitrogens with zero attached hydrogens (tertiary/aromatic N) is 4. The van der Waals surface area contributed by atoms with Gasteiger partial charge in [0.05, 0.1) is 34.6 Å². The molecular formula is C66H34F8N4. The third kappa shape index (κ3) is 9.12. The maximum atomic E-state index is 15.0. The molecule has 0 spiro atoms. The van der Waals surface area contributed by atoms with Gasteiger partial charge in [0.1, 0.15) is 46.5 Å². The van der Waals surface area contributed by atoms with Crippen molar-refractivity contribution in [3.63, 3.8) is 0 Å². The first-order valence-corrected chi connectivity index (χ1v) is 24.2. The molecular weight excluding hydrogens is 1000 g/mol. The quantitative estimate of drug-likeness (QED) is 0.101. The van der Waals surface area contributed by atoms with Crippen molar-refractivity contribution in [2.45, 2.75) is 0 Å². The van der Waals surface area contributed by atoms with E-state index >= 15 is 0 Å². The number of hydrogen-bond acceptors (Lipinski definition) is 4. The molecule has 12 aromatic carbocycles. The van der Waals surface area contributed by atoms with E-state index in [1.165, 1.54) is 48.5 Å². The van der Waals surface area contributed by atoms with Crippen molar-refractivity contribution >= 4 is 66.4 Å². The molecule has 0 heterocycles. The van der Waals surface area contributed by atoms with Crippen LogP contribution in [0, 0.1) is 69.2 Å². The highest BCUT2D eigenvalue weighted by atomic mass is 19.2. The molecule has 12 rings (SSSR count). The lowest BCUT2D eigenvalue weighted by molar-refractivity contribution is 0.583. The minimum Gasteiger partial charge on any atom is -0.310 e. The van der Waals surface area contributed by atoms with Gasteiger partial charge in [-0.15, -0.1) is 0 Å². The van der Waals surface area contributed by atoms with Gasteiger partial charge in [0.2, 0.25) is 0 Å². The summed E-state index contributed by atoms with van der Waals surface area (Å²) in [5, 5.41) is 24.4. The van der Waals surface area contributed by atoms with Gasteiger partial charge in [-0.1, -0.05) is 36.4 Å². The average molecular weight is 1040 g/mol. The molecule has 0 bridgehead atoms. The Bertz CT molecular complexity index is 3960. The standard InChI is InChI=1S/C66H34F8N4/c67-49-19-45(20-50(68)31-49)41-17-42(46-21-51(69)32-52(70)22-46)28-59(27-41)77(57-9-1-37(35-75)2-10-57)63-15-7-39-6-14-62-64(16-8-40-5-13-61(63)65(39)66(40)62)78(58-11-3-38(36-76)4-12-58)60-29-43(47-23-53(71)33-54(72)24-47)18-44(30-60)48-25-55(73)34-56(74)26-48/h1-34H. The van der Waals surface area contributed by atoms with Crippen LogP contribution in [-0.4, -0.2) is 0 Å². The zero-order valence-corrected chi connectivity index (χ0v) is 40.4. The second-order valence-electron chi connectivity index (χ2n) is 18.7. The Morgan fingerprint density at radius 2 is 0.513 bits per heavy atom. The van der Waals surface area contributed by atoms with E-state index in [9.17, 15) is 45.6 Å². The second kappa shape index (κ2) is 19.4. The topological polar surface area (TPSA) is 54.1 Å². The summed E-state index contributed by atoms with van der Waals surface area (Å²) >= 11 is 0. The van der Waals surface area contributed by atoms with Gasteiger partial charge in [0.15, 0.2) is 0 Å². The Morgan fingerprint density at radius 1 is 0.256 bits per heavy atom. The van der Waals surface area contributed by atoms with E-state index in [0.717, 1.165) is 56.6 Å². The molecule has 0 unspecified atom stereocenters. The van der Waals surface area contributed by atoms with Crippen LogP contribution < -0.4 is 9.80 Å². The summed E-state index contributed by atoms with van der Waals surface area (Å²) in [5.74, 6) is -6.68. The third-order valence-electron chi connectivity index (χ3n) is 13.7. The van der Waals surface area contributed by atoms with E-state index in [1.54, 1.807) is 84.9 Å². The molecule has 0 aliphatic heterocycles. The molecule has 0 fully saturated rings. The van der Waals surface area contributed by atoms with Gasteiger partial charge < -0.3 is 9.80 Å². The van der Waals surface area contributed by atoms with Crippen LogP contribution in [0.1, 0.15) is 11.1 Å². The predicted octanol–water partition coefficient (Wildman–Crippen LogP) is 19.0. The summed E-state index contributed by atoms with van der Waals surface area (Å²) in [6.07, 6.45) is 0. The van der Waals surface area contributed by atoms with Crippen LogP contribution in [0.3, 0.4) is 0 Å². The smallest absolute Gasteiger partial charge is 0.126 e. The van der Waals surface area contributed by atoms with Gasteiger partial charge in [-0.2, -0.15) is 10.5 Å². The number of halogens is 8. The first kappa shape index (κ1) is 48.6. The lowest BCUT2D eigenvalue weighted by Gasteiger charge is -2.30. The Kier molecular flexibility index (Phi) is 12.1. The van der Waals surface area contributed by atoms with Crippen LogP contribution in [0.2, 0.25) is 0 Å². The number of anilines is 6. The van der Waals surface area contributed by atoms with Crippen LogP contribution in [0.15, 0.2) is 206 Å². The maximum Gasteiger partial charge on any atom is 0.126 e. The summed E-state index contributed by atoms with van der Waals surface area (Å²) in [6.45, 7) is 0. The van der Waals surface area contributed by atoms with Gasteiger partial charge >= 0.3 is 0 Å². The largest absolute Gasteiger partial charge is 0.310 e. The number of benzene rings is 12. The minimum absolute atomic E-state index is 0.158. The van der Waals surface area contributed by atoms with Crippen molar-refractivity contribution in [2.24, 2.45) is 0 Å². The van der Waals surface area contributed by atoms with Crippen molar-refractivity contribution in [3.05, 3.63) is 264 Å². The van der Waals surface area contributed by atoms with Gasteiger partial charge in [0.25, 0.3) is 0 Å². The lowest BCUT2D eigenvalue weighted by atomic mass is 9.91. The summed E-state index contributed by atoms with van der Waals surface area (Å²) < 4.78 is 120. The van der Waals surface area contributed by atoms with E-state index in [1.807, 2.05) is 58.3 Å². The highest BCUT2D eigenvalue weighted by Crippen LogP contribution is 2.49. The Balaban J connectivity index is 1.12. The zero-order valence-electron chi connectivity index (χ0n) is 40.4. The summed E-state index contributed by atoms with van der Waals surface area (Å²) in [7, 11) is 0. The first-order valence-electron chi connectivity index (χ1n) is 24.2. The van der Waals surface area contributed by atoms with Gasteiger partial charge in [-0.3, -0.25) is 0 Å². The molecule has 0 saturated carbocycles. The Labute approximate surface area is 440 Å². The van der Waals surface area contributed by atoms with Crippen LogP contribution in [0.25, 0.3) is 76.8 Å². The molecule has 0 N–H and O–H groups in total. The number of hydrogen-bond donors (Lipinski definition) is 0. The Hall–Kier alpha value is -10.3. The monoisotopic (exact) mass is 1030 g/mol. The molecule has 0 atom stereocenters. The van der Waals surface area contributed by atoms with Gasteiger partial charge in [-0.05, 0) is 212 Å². The molecule has 0 aliphatic carbocycles. The fourth-order valence-electron chi connectivity index (χ4n) is 10.4.